The number of rotatable bonds is 5. The molecule has 3 heteroatoms. The van der Waals surface area contributed by atoms with Crippen LogP contribution in [0.3, 0.4) is 0 Å². The predicted molar refractivity (Wildman–Crippen MR) is 57.6 cm³/mol. The van der Waals surface area contributed by atoms with Crippen LogP contribution in [0.5, 0.6) is 0 Å². The van der Waals surface area contributed by atoms with Gasteiger partial charge in [0, 0.05) is 12.2 Å². The third-order valence-corrected chi connectivity index (χ3v) is 4.91. The molecule has 1 nitrogen and oxygen atoms in total. The fourth-order valence-corrected chi connectivity index (χ4v) is 4.12. The lowest BCUT2D eigenvalue weighted by molar-refractivity contribution is -0.118. The van der Waals surface area contributed by atoms with Gasteiger partial charge in [-0.05, 0) is 12.8 Å². The van der Waals surface area contributed by atoms with Crippen molar-refractivity contribution in [2.24, 2.45) is 0 Å². The highest BCUT2D eigenvalue weighted by Gasteiger charge is 2.23. The maximum atomic E-state index is 11.5. The normalized spacial score (nSPS) is 22.9. The van der Waals surface area contributed by atoms with Gasteiger partial charge in [0.2, 0.25) is 0 Å². The molecule has 1 rings (SSSR count). The van der Waals surface area contributed by atoms with Gasteiger partial charge in [-0.1, -0.05) is 41.4 Å². The van der Waals surface area contributed by atoms with Gasteiger partial charge in [-0.2, -0.15) is 0 Å². The average molecular weight is 204 g/mol. The van der Waals surface area contributed by atoms with Crippen molar-refractivity contribution in [2.75, 3.05) is 5.75 Å². The number of unbranched alkanes of at least 4 members (excludes halogenated alkanes) is 2. The van der Waals surface area contributed by atoms with Crippen LogP contribution in [0.1, 0.15) is 39.0 Å². The highest BCUT2D eigenvalue weighted by molar-refractivity contribution is 8.77. The van der Waals surface area contributed by atoms with E-state index in [1.165, 1.54) is 12.8 Å². The molecule has 1 aliphatic rings. The van der Waals surface area contributed by atoms with E-state index >= 15 is 0 Å². The topological polar surface area (TPSA) is 17.1 Å². The maximum absolute atomic E-state index is 11.5. The second kappa shape index (κ2) is 5.92. The second-order valence-corrected chi connectivity index (χ2v) is 5.81. The number of hydrogen-bond acceptors (Lipinski definition) is 3. The van der Waals surface area contributed by atoms with Crippen molar-refractivity contribution < 1.29 is 4.79 Å². The first-order chi connectivity index (χ1) is 5.84. The van der Waals surface area contributed by atoms with E-state index in [2.05, 4.69) is 6.92 Å². The fourth-order valence-electron chi connectivity index (χ4n) is 1.26. The minimum atomic E-state index is 0.326. The number of carbonyl (C=O) groups is 1. The van der Waals surface area contributed by atoms with Crippen LogP contribution >= 0.6 is 21.6 Å². The smallest absolute Gasteiger partial charge is 0.146 e. The third kappa shape index (κ3) is 3.40. The number of carbonyl (C=O) groups excluding carboxylic acids is 1. The summed E-state index contributed by atoms with van der Waals surface area (Å²) in [5.41, 5.74) is 0. The lowest BCUT2D eigenvalue weighted by Crippen LogP contribution is -2.13. The van der Waals surface area contributed by atoms with E-state index in [0.29, 0.717) is 11.0 Å². The van der Waals surface area contributed by atoms with Crippen LogP contribution in [0, 0.1) is 0 Å². The molecular weight excluding hydrogens is 188 g/mol. The van der Waals surface area contributed by atoms with Gasteiger partial charge in [0.25, 0.3) is 0 Å². The molecule has 0 aromatic rings. The lowest BCUT2D eigenvalue weighted by Gasteiger charge is -2.04. The summed E-state index contributed by atoms with van der Waals surface area (Å²) >= 11 is 0. The molecule has 0 spiro atoms. The summed E-state index contributed by atoms with van der Waals surface area (Å²) in [4.78, 5) is 11.5. The Morgan fingerprint density at radius 2 is 2.33 bits per heavy atom. The van der Waals surface area contributed by atoms with Crippen molar-refractivity contribution in [1.29, 1.82) is 0 Å². The molecule has 0 bridgehead atoms. The minimum Gasteiger partial charge on any atom is -0.298 e. The molecule has 0 saturated carbocycles. The Labute approximate surface area is 82.5 Å². The summed E-state index contributed by atoms with van der Waals surface area (Å²) in [6, 6.07) is 0. The van der Waals surface area contributed by atoms with E-state index < -0.39 is 0 Å². The van der Waals surface area contributed by atoms with Crippen molar-refractivity contribution in [3.05, 3.63) is 0 Å². The SMILES string of the molecule is CCCCCC(=O)C1CCSS1. The Morgan fingerprint density at radius 1 is 1.50 bits per heavy atom. The van der Waals surface area contributed by atoms with E-state index in [-0.39, 0.29) is 0 Å². The summed E-state index contributed by atoms with van der Waals surface area (Å²) in [5.74, 6) is 1.65. The molecule has 0 aliphatic carbocycles. The summed E-state index contributed by atoms with van der Waals surface area (Å²) < 4.78 is 0. The van der Waals surface area contributed by atoms with Crippen LogP contribution in [-0.2, 0) is 4.79 Å². The maximum Gasteiger partial charge on any atom is 0.146 e. The zero-order chi connectivity index (χ0) is 8.81. The van der Waals surface area contributed by atoms with Crippen LogP contribution in [0.2, 0.25) is 0 Å². The van der Waals surface area contributed by atoms with Crippen molar-refractivity contribution in [3.63, 3.8) is 0 Å². The molecule has 1 atom stereocenters. The van der Waals surface area contributed by atoms with Crippen molar-refractivity contribution in [2.45, 2.75) is 44.3 Å². The largest absolute Gasteiger partial charge is 0.298 e. The highest BCUT2D eigenvalue weighted by Crippen LogP contribution is 2.38. The van der Waals surface area contributed by atoms with Crippen molar-refractivity contribution in [1.82, 2.24) is 0 Å². The van der Waals surface area contributed by atoms with E-state index in [9.17, 15) is 4.79 Å². The second-order valence-electron chi connectivity index (χ2n) is 3.12. The number of hydrogen-bond donors (Lipinski definition) is 0. The molecular formula is C9H16OS2. The molecule has 0 N–H and O–H groups in total. The molecule has 0 amide bonds. The van der Waals surface area contributed by atoms with Gasteiger partial charge in [-0.3, -0.25) is 4.79 Å². The molecule has 0 aromatic carbocycles. The molecule has 12 heavy (non-hydrogen) atoms. The Morgan fingerprint density at radius 3 is 2.92 bits per heavy atom. The Hall–Kier alpha value is 0.370. The van der Waals surface area contributed by atoms with Crippen LogP contribution in [0.4, 0.5) is 0 Å². The number of Topliss-reactive ketones (excluding diaryl/α,β-unsaturated/α-hetero) is 1. The Kier molecular flexibility index (Phi) is 5.16. The van der Waals surface area contributed by atoms with Crippen molar-refractivity contribution in [3.8, 4) is 0 Å². The first kappa shape index (κ1) is 10.5. The monoisotopic (exact) mass is 204 g/mol. The van der Waals surface area contributed by atoms with Crippen LogP contribution in [-0.4, -0.2) is 16.8 Å². The van der Waals surface area contributed by atoms with Gasteiger partial charge in [-0.25, -0.2) is 0 Å². The molecule has 1 fully saturated rings. The molecule has 1 saturated heterocycles. The quantitative estimate of drug-likeness (QED) is 0.505. The van der Waals surface area contributed by atoms with Crippen LogP contribution in [0.25, 0.3) is 0 Å². The highest BCUT2D eigenvalue weighted by atomic mass is 33.1. The first-order valence-electron chi connectivity index (χ1n) is 4.65. The third-order valence-electron chi connectivity index (χ3n) is 2.03. The molecule has 1 heterocycles. The molecule has 1 aliphatic heterocycles. The number of ketones is 1. The molecule has 70 valence electrons. The van der Waals surface area contributed by atoms with Gasteiger partial charge < -0.3 is 0 Å². The van der Waals surface area contributed by atoms with Gasteiger partial charge >= 0.3 is 0 Å². The molecule has 1 unspecified atom stereocenters. The summed E-state index contributed by atoms with van der Waals surface area (Å²) in [7, 11) is 3.62. The zero-order valence-electron chi connectivity index (χ0n) is 7.54. The van der Waals surface area contributed by atoms with E-state index in [1.54, 1.807) is 10.8 Å². The van der Waals surface area contributed by atoms with Gasteiger partial charge in [0.05, 0.1) is 5.25 Å². The van der Waals surface area contributed by atoms with Gasteiger partial charge in [-0.15, -0.1) is 0 Å². The summed E-state index contributed by atoms with van der Waals surface area (Å²) in [6.45, 7) is 2.17. The summed E-state index contributed by atoms with van der Waals surface area (Å²) in [6.07, 6.45) is 5.42. The molecule has 0 aromatic heterocycles. The Balaban J connectivity index is 2.10. The van der Waals surface area contributed by atoms with Gasteiger partial charge in [0.15, 0.2) is 0 Å². The predicted octanol–water partition coefficient (Wildman–Crippen LogP) is 3.29. The van der Waals surface area contributed by atoms with Crippen LogP contribution < -0.4 is 0 Å². The standard InChI is InChI=1S/C9H16OS2/c1-2-3-4-5-8(10)9-6-7-11-12-9/h9H,2-7H2,1H3. The van der Waals surface area contributed by atoms with E-state index in [1.807, 2.05) is 10.8 Å². The lowest BCUT2D eigenvalue weighted by atomic mass is 10.1. The fraction of sp³-hybridized carbons (Fsp3) is 0.889. The van der Waals surface area contributed by atoms with E-state index in [0.717, 1.165) is 25.0 Å². The van der Waals surface area contributed by atoms with E-state index in [4.69, 9.17) is 0 Å². The Bertz CT molecular complexity index is 141. The average Bonchev–Trinajstić information content (AvgIpc) is 2.56. The van der Waals surface area contributed by atoms with Crippen LogP contribution in [0.15, 0.2) is 0 Å². The zero-order valence-corrected chi connectivity index (χ0v) is 9.18. The first-order valence-corrected chi connectivity index (χ1v) is 7.03. The molecule has 0 radical (unpaired) electrons. The van der Waals surface area contributed by atoms with Crippen molar-refractivity contribution >= 4 is 27.4 Å². The summed E-state index contributed by atoms with van der Waals surface area (Å²) in [5, 5.41) is 0.326. The minimum absolute atomic E-state index is 0.326. The van der Waals surface area contributed by atoms with Gasteiger partial charge in [0.1, 0.15) is 5.78 Å².